The molecule has 0 spiro atoms. The summed E-state index contributed by atoms with van der Waals surface area (Å²) in [6.45, 7) is 2.07. The summed E-state index contributed by atoms with van der Waals surface area (Å²) in [5, 5.41) is 12.4. The molecule has 0 bridgehead atoms. The van der Waals surface area contributed by atoms with Gasteiger partial charge in [-0.2, -0.15) is 0 Å². The summed E-state index contributed by atoms with van der Waals surface area (Å²) in [7, 11) is 0. The molecule has 4 heteroatoms. The molecule has 3 unspecified atom stereocenters. The van der Waals surface area contributed by atoms with Crippen molar-refractivity contribution in [2.75, 3.05) is 6.54 Å². The van der Waals surface area contributed by atoms with E-state index in [0.717, 1.165) is 6.42 Å². The number of hydrogen-bond donors (Lipinski definition) is 2. The minimum Gasteiger partial charge on any atom is -0.386 e. The zero-order chi connectivity index (χ0) is 12.4. The first-order valence-electron chi connectivity index (χ1n) is 5.79. The average molecular weight is 237 g/mol. The number of hydrogen-bond acceptors (Lipinski definition) is 2. The maximum atomic E-state index is 13.3. The molecule has 1 aliphatic carbocycles. The number of carbonyl (C=O) groups excluding carboxylic acids is 1. The molecule has 3 atom stereocenters. The molecule has 1 fully saturated rings. The predicted molar refractivity (Wildman–Crippen MR) is 61.6 cm³/mol. The van der Waals surface area contributed by atoms with Crippen LogP contribution < -0.4 is 5.32 Å². The monoisotopic (exact) mass is 237 g/mol. The van der Waals surface area contributed by atoms with Gasteiger partial charge in [0.2, 0.25) is 5.91 Å². The van der Waals surface area contributed by atoms with Crippen molar-refractivity contribution < 1.29 is 14.3 Å². The Balaban J connectivity index is 1.87. The summed E-state index contributed by atoms with van der Waals surface area (Å²) < 4.78 is 13.3. The molecule has 1 saturated carbocycles. The highest BCUT2D eigenvalue weighted by Crippen LogP contribution is 2.37. The van der Waals surface area contributed by atoms with Crippen LogP contribution in [0, 0.1) is 17.7 Å². The molecule has 1 aliphatic rings. The van der Waals surface area contributed by atoms with E-state index < -0.39 is 11.9 Å². The van der Waals surface area contributed by atoms with Crippen LogP contribution in [0.3, 0.4) is 0 Å². The second-order valence-corrected chi connectivity index (χ2v) is 4.60. The third-order valence-corrected chi connectivity index (χ3v) is 3.18. The van der Waals surface area contributed by atoms with Gasteiger partial charge in [-0.3, -0.25) is 4.79 Å². The van der Waals surface area contributed by atoms with Gasteiger partial charge in [0.15, 0.2) is 0 Å². The molecule has 1 amide bonds. The average Bonchev–Trinajstić information content (AvgIpc) is 3.03. The van der Waals surface area contributed by atoms with E-state index in [2.05, 4.69) is 5.32 Å². The summed E-state index contributed by atoms with van der Waals surface area (Å²) in [6, 6.07) is 6.04. The Labute approximate surface area is 99.7 Å². The smallest absolute Gasteiger partial charge is 0.223 e. The molecule has 1 aromatic carbocycles. The van der Waals surface area contributed by atoms with Gasteiger partial charge in [0, 0.05) is 18.0 Å². The van der Waals surface area contributed by atoms with Gasteiger partial charge in [-0.05, 0) is 18.4 Å². The number of carbonyl (C=O) groups is 1. The van der Waals surface area contributed by atoms with E-state index in [-0.39, 0.29) is 23.9 Å². The van der Waals surface area contributed by atoms with E-state index in [1.54, 1.807) is 12.1 Å². The van der Waals surface area contributed by atoms with Crippen LogP contribution in [0.1, 0.15) is 25.0 Å². The molecule has 92 valence electrons. The molecule has 0 aliphatic heterocycles. The van der Waals surface area contributed by atoms with Crippen molar-refractivity contribution in [1.29, 1.82) is 0 Å². The van der Waals surface area contributed by atoms with E-state index in [1.807, 2.05) is 6.92 Å². The number of nitrogens with one attached hydrogen (secondary N) is 1. The third kappa shape index (κ3) is 2.82. The van der Waals surface area contributed by atoms with Crippen molar-refractivity contribution in [2.24, 2.45) is 11.8 Å². The molecule has 1 aromatic rings. The van der Waals surface area contributed by atoms with Crippen LogP contribution in [0.4, 0.5) is 4.39 Å². The largest absolute Gasteiger partial charge is 0.386 e. The molecule has 17 heavy (non-hydrogen) atoms. The Bertz CT molecular complexity index is 422. The van der Waals surface area contributed by atoms with Gasteiger partial charge in [0.1, 0.15) is 5.82 Å². The summed E-state index contributed by atoms with van der Waals surface area (Å²) in [5.41, 5.74) is 0.219. The van der Waals surface area contributed by atoms with Gasteiger partial charge in [0.25, 0.3) is 0 Å². The van der Waals surface area contributed by atoms with Crippen LogP contribution >= 0.6 is 0 Å². The van der Waals surface area contributed by atoms with Gasteiger partial charge in [-0.25, -0.2) is 4.39 Å². The highest BCUT2D eigenvalue weighted by molar-refractivity contribution is 5.81. The first-order chi connectivity index (χ1) is 8.09. The van der Waals surface area contributed by atoms with Crippen molar-refractivity contribution >= 4 is 5.91 Å². The number of halogens is 1. The van der Waals surface area contributed by atoms with Crippen LogP contribution in [-0.2, 0) is 4.79 Å². The molecule has 0 radical (unpaired) electrons. The van der Waals surface area contributed by atoms with Crippen LogP contribution in [-0.4, -0.2) is 17.6 Å². The van der Waals surface area contributed by atoms with Gasteiger partial charge in [-0.1, -0.05) is 25.1 Å². The van der Waals surface area contributed by atoms with Crippen molar-refractivity contribution in [1.82, 2.24) is 5.32 Å². The number of rotatable bonds is 4. The Morgan fingerprint density at radius 1 is 1.59 bits per heavy atom. The van der Waals surface area contributed by atoms with Crippen LogP contribution in [0.25, 0.3) is 0 Å². The van der Waals surface area contributed by atoms with E-state index in [1.165, 1.54) is 12.1 Å². The van der Waals surface area contributed by atoms with E-state index in [4.69, 9.17) is 0 Å². The summed E-state index contributed by atoms with van der Waals surface area (Å²) >= 11 is 0. The highest BCUT2D eigenvalue weighted by Gasteiger charge is 2.39. The molecule has 3 nitrogen and oxygen atoms in total. The molecule has 2 N–H and O–H groups in total. The zero-order valence-electron chi connectivity index (χ0n) is 9.69. The molecular weight excluding hydrogens is 221 g/mol. The fourth-order valence-electron chi connectivity index (χ4n) is 1.87. The van der Waals surface area contributed by atoms with Crippen LogP contribution in [0.2, 0.25) is 0 Å². The lowest BCUT2D eigenvalue weighted by atomic mass is 10.1. The second-order valence-electron chi connectivity index (χ2n) is 4.60. The number of aliphatic hydroxyl groups is 1. The minimum atomic E-state index is -0.991. The summed E-state index contributed by atoms with van der Waals surface area (Å²) in [5.74, 6) is 0.00496. The predicted octanol–water partition coefficient (Wildman–Crippen LogP) is 1.63. The molecule has 2 rings (SSSR count). The lowest BCUT2D eigenvalue weighted by molar-refractivity contribution is -0.123. The van der Waals surface area contributed by atoms with Crippen LogP contribution in [0.15, 0.2) is 24.3 Å². The highest BCUT2D eigenvalue weighted by atomic mass is 19.1. The molecule has 0 heterocycles. The number of benzene rings is 1. The maximum absolute atomic E-state index is 13.3. The van der Waals surface area contributed by atoms with Gasteiger partial charge >= 0.3 is 0 Å². The number of amides is 1. The van der Waals surface area contributed by atoms with Crippen molar-refractivity contribution in [3.05, 3.63) is 35.6 Å². The summed E-state index contributed by atoms with van der Waals surface area (Å²) in [4.78, 5) is 11.5. The second kappa shape index (κ2) is 4.84. The first-order valence-corrected chi connectivity index (χ1v) is 5.79. The molecule has 0 saturated heterocycles. The Hall–Kier alpha value is -1.42. The first kappa shape index (κ1) is 12.0. The van der Waals surface area contributed by atoms with Crippen molar-refractivity contribution in [2.45, 2.75) is 19.4 Å². The Kier molecular flexibility index (Phi) is 3.43. The normalized spacial score (nSPS) is 24.2. The SMILES string of the molecule is CC1CC1C(=O)NCC(O)c1ccccc1F. The Morgan fingerprint density at radius 3 is 2.82 bits per heavy atom. The van der Waals surface area contributed by atoms with E-state index >= 15 is 0 Å². The molecule has 0 aromatic heterocycles. The fraction of sp³-hybridized carbons (Fsp3) is 0.462. The lowest BCUT2D eigenvalue weighted by Crippen LogP contribution is -2.30. The fourth-order valence-corrected chi connectivity index (χ4v) is 1.87. The molecular formula is C13H16FNO2. The topological polar surface area (TPSA) is 49.3 Å². The van der Waals surface area contributed by atoms with Gasteiger partial charge in [0.05, 0.1) is 6.10 Å². The van der Waals surface area contributed by atoms with Crippen molar-refractivity contribution in [3.63, 3.8) is 0 Å². The quantitative estimate of drug-likeness (QED) is 0.836. The minimum absolute atomic E-state index is 0.0483. The van der Waals surface area contributed by atoms with E-state index in [9.17, 15) is 14.3 Å². The lowest BCUT2D eigenvalue weighted by Gasteiger charge is -2.12. The third-order valence-electron chi connectivity index (χ3n) is 3.18. The van der Waals surface area contributed by atoms with Gasteiger partial charge < -0.3 is 10.4 Å². The standard InChI is InChI=1S/C13H16FNO2/c1-8-6-10(8)13(17)15-7-12(16)9-4-2-3-5-11(9)14/h2-5,8,10,12,16H,6-7H2,1H3,(H,15,17). The van der Waals surface area contributed by atoms with Crippen LogP contribution in [0.5, 0.6) is 0 Å². The zero-order valence-corrected chi connectivity index (χ0v) is 9.69. The maximum Gasteiger partial charge on any atom is 0.223 e. The Morgan fingerprint density at radius 2 is 2.24 bits per heavy atom. The van der Waals surface area contributed by atoms with Crippen molar-refractivity contribution in [3.8, 4) is 0 Å². The van der Waals surface area contributed by atoms with Gasteiger partial charge in [-0.15, -0.1) is 0 Å². The van der Waals surface area contributed by atoms with E-state index in [0.29, 0.717) is 5.92 Å². The summed E-state index contributed by atoms with van der Waals surface area (Å²) in [6.07, 6.45) is -0.0871. The number of aliphatic hydroxyl groups excluding tert-OH is 1.